The minimum Gasteiger partial charge on any atom is -0.278 e. The van der Waals surface area contributed by atoms with Crippen LogP contribution in [-0.4, -0.2) is 19.5 Å². The van der Waals surface area contributed by atoms with E-state index in [1.165, 1.54) is 0 Å². The van der Waals surface area contributed by atoms with Gasteiger partial charge in [-0.15, -0.1) is 11.3 Å². The lowest BCUT2D eigenvalue weighted by molar-refractivity contribution is 0.954. The molecule has 0 unspecified atom stereocenters. The van der Waals surface area contributed by atoms with Crippen molar-refractivity contribution >= 4 is 53.3 Å². The molecule has 0 saturated carbocycles. The van der Waals surface area contributed by atoms with Gasteiger partial charge in [-0.05, 0) is 52.6 Å². The Morgan fingerprint density at radius 3 is 1.96 bits per heavy atom. The third-order valence-corrected chi connectivity index (χ3v) is 10.0. The zero-order valence-corrected chi connectivity index (χ0v) is 27.0. The number of benzene rings is 7. The van der Waals surface area contributed by atoms with Crippen molar-refractivity contribution in [3.8, 4) is 51.0 Å². The topological polar surface area (TPSA) is 43.6 Å². The van der Waals surface area contributed by atoms with Crippen LogP contribution in [0.3, 0.4) is 0 Å². The van der Waals surface area contributed by atoms with Gasteiger partial charge in [0.05, 0.1) is 23.4 Å². The highest BCUT2D eigenvalue weighted by atomic mass is 32.1. The number of para-hydroxylation sites is 1. The van der Waals surface area contributed by atoms with Crippen LogP contribution in [0.15, 0.2) is 170 Å². The monoisotopic (exact) mass is 665 g/mol. The van der Waals surface area contributed by atoms with Crippen molar-refractivity contribution in [1.82, 2.24) is 19.5 Å². The minimum absolute atomic E-state index is 0.0272. The average molecular weight is 666 g/mol. The molecule has 234 valence electrons. The molecule has 0 N–H and O–H groups in total. The molecule has 5 heteroatoms. The smallest absolute Gasteiger partial charge is 0.238 e. The lowest BCUT2D eigenvalue weighted by Gasteiger charge is -2.12. The van der Waals surface area contributed by atoms with Crippen LogP contribution >= 0.6 is 11.3 Å². The summed E-state index contributed by atoms with van der Waals surface area (Å²) in [5.41, 5.74) is 4.04. The van der Waals surface area contributed by atoms with Gasteiger partial charge in [-0.3, -0.25) is 4.57 Å². The Morgan fingerprint density at radius 1 is 0.420 bits per heavy atom. The summed E-state index contributed by atoms with van der Waals surface area (Å²) in [6.07, 6.45) is 0. The Bertz CT molecular complexity index is 3370. The van der Waals surface area contributed by atoms with Gasteiger partial charge in [0.1, 0.15) is 0 Å². The first-order chi connectivity index (χ1) is 28.5. The number of thiophene rings is 1. The van der Waals surface area contributed by atoms with Gasteiger partial charge in [0.2, 0.25) is 5.95 Å². The summed E-state index contributed by atoms with van der Waals surface area (Å²) in [4.78, 5) is 15.1. The summed E-state index contributed by atoms with van der Waals surface area (Å²) in [6, 6.07) is 33.1. The predicted molar refractivity (Wildman–Crippen MR) is 209 cm³/mol. The Labute approximate surface area is 305 Å². The molecule has 0 radical (unpaired) electrons. The predicted octanol–water partition coefficient (Wildman–Crippen LogP) is 12.0. The maximum atomic E-state index is 9.20. The number of hydrogen-bond acceptors (Lipinski definition) is 4. The number of nitrogens with zero attached hydrogens (tertiary/aromatic N) is 4. The lowest BCUT2D eigenvalue weighted by Crippen LogP contribution is -2.06. The first kappa shape index (κ1) is 20.8. The van der Waals surface area contributed by atoms with Crippen molar-refractivity contribution in [2.24, 2.45) is 0 Å². The van der Waals surface area contributed by atoms with Crippen LogP contribution in [0.5, 0.6) is 0 Å². The van der Waals surface area contributed by atoms with Gasteiger partial charge in [-0.1, -0.05) is 139 Å². The molecule has 0 aliphatic heterocycles. The molecule has 10 aromatic rings. The summed E-state index contributed by atoms with van der Waals surface area (Å²) in [5, 5.41) is 2.89. The fourth-order valence-corrected chi connectivity index (χ4v) is 7.68. The van der Waals surface area contributed by atoms with Crippen LogP contribution in [0, 0.1) is 0 Å². The van der Waals surface area contributed by atoms with Gasteiger partial charge < -0.3 is 0 Å². The summed E-state index contributed by atoms with van der Waals surface area (Å²) in [5.74, 6) is 0.707. The minimum atomic E-state index is -0.516. The van der Waals surface area contributed by atoms with E-state index in [-0.39, 0.29) is 52.1 Å². The molecule has 0 spiro atoms. The first-order valence-corrected chi connectivity index (χ1v) is 16.8. The maximum absolute atomic E-state index is 9.20. The second-order valence-corrected chi connectivity index (χ2v) is 12.9. The van der Waals surface area contributed by atoms with Crippen molar-refractivity contribution in [1.29, 1.82) is 0 Å². The van der Waals surface area contributed by atoms with Crippen LogP contribution in [0.2, 0.25) is 0 Å². The van der Waals surface area contributed by atoms with Crippen LogP contribution in [0.4, 0.5) is 0 Å². The molecular weight excluding hydrogens is 629 g/mol. The number of hydrogen-bond donors (Lipinski definition) is 0. The Hall–Kier alpha value is -6.43. The Balaban J connectivity index is 1.30. The van der Waals surface area contributed by atoms with Crippen molar-refractivity contribution in [3.63, 3.8) is 0 Å². The van der Waals surface area contributed by atoms with Crippen LogP contribution in [0.1, 0.15) is 12.3 Å². The highest BCUT2D eigenvalue weighted by Crippen LogP contribution is 2.38. The average Bonchev–Trinajstić information content (AvgIpc) is 3.82. The largest absolute Gasteiger partial charge is 0.278 e. The molecule has 0 aliphatic rings. The zero-order valence-electron chi connectivity index (χ0n) is 35.2. The fraction of sp³-hybridized carbons (Fsp3) is 0. The van der Waals surface area contributed by atoms with E-state index in [0.29, 0.717) is 33.7 Å². The molecule has 3 aromatic heterocycles. The summed E-state index contributed by atoms with van der Waals surface area (Å²) < 4.78 is 81.6. The fourth-order valence-electron chi connectivity index (χ4n) is 6.53. The van der Waals surface area contributed by atoms with Crippen LogP contribution in [0.25, 0.3) is 93.0 Å². The van der Waals surface area contributed by atoms with E-state index in [4.69, 9.17) is 25.9 Å². The molecule has 0 atom stereocenters. The molecule has 50 heavy (non-hydrogen) atoms. The molecule has 0 bridgehead atoms. The van der Waals surface area contributed by atoms with Gasteiger partial charge in [0.15, 0.2) is 11.6 Å². The number of rotatable bonds is 5. The molecule has 10 rings (SSSR count). The van der Waals surface area contributed by atoms with Crippen LogP contribution in [-0.2, 0) is 0 Å². The molecule has 0 amide bonds. The lowest BCUT2D eigenvalue weighted by atomic mass is 10.0. The van der Waals surface area contributed by atoms with Gasteiger partial charge in [0, 0.05) is 42.1 Å². The normalized spacial score (nSPS) is 14.1. The highest BCUT2D eigenvalue weighted by Gasteiger charge is 2.19. The molecule has 0 fully saturated rings. The second-order valence-electron chi connectivity index (χ2n) is 11.8. The van der Waals surface area contributed by atoms with E-state index >= 15 is 0 Å². The first-order valence-electron chi connectivity index (χ1n) is 20.5. The number of aromatic nitrogens is 4. The molecule has 0 saturated heterocycles. The third-order valence-electron chi connectivity index (χ3n) is 8.88. The summed E-state index contributed by atoms with van der Waals surface area (Å²) >= 11 is 1.66. The molecule has 4 nitrogen and oxygen atoms in total. The molecule has 0 aliphatic carbocycles. The SMILES string of the molecule is [2H]c1c([2H])c([2H])c(-c2ccc3c4c([2H])c([2H])c([2H])c([2H])c4n(-c4nc(-c5cccc(-c6ccccc6)c5)nc(-c5ccc6c(c5)sc5ccccc56)n4)c3c2)c([2H])c1[2H]. The van der Waals surface area contributed by atoms with E-state index in [0.717, 1.165) is 31.3 Å². The van der Waals surface area contributed by atoms with E-state index in [1.807, 2.05) is 84.9 Å². The van der Waals surface area contributed by atoms with Gasteiger partial charge in [-0.2, -0.15) is 9.97 Å². The molecular formula is C45H28N4S. The number of fused-ring (bicyclic) bond motifs is 6. The highest BCUT2D eigenvalue weighted by molar-refractivity contribution is 7.25. The molecule has 7 aromatic carbocycles. The van der Waals surface area contributed by atoms with E-state index in [2.05, 4.69) is 12.1 Å². The standard InChI is InChI=1S/C45H28N4S/c1-3-12-29(13-4-1)31-16-11-17-33(26-31)43-46-44(34-23-25-38-37-19-8-10-21-41(37)50-42(38)28-34)48-45(47-43)49-39-20-9-7-18-35(39)36-24-22-32(27-40(36)49)30-14-5-2-6-15-30/h1-28H/i2D,5D,6D,7D,9D,14D,15D,18D,20D. The Morgan fingerprint density at radius 2 is 1.08 bits per heavy atom. The van der Waals surface area contributed by atoms with E-state index < -0.39 is 30.2 Å². The van der Waals surface area contributed by atoms with Crippen molar-refractivity contribution < 1.29 is 12.3 Å². The van der Waals surface area contributed by atoms with Crippen LogP contribution < -0.4 is 0 Å². The second kappa shape index (κ2) is 11.6. The third kappa shape index (κ3) is 4.79. The molecule has 3 heterocycles. The zero-order chi connectivity index (χ0) is 40.9. The van der Waals surface area contributed by atoms with Crippen molar-refractivity contribution in [2.45, 2.75) is 0 Å². The Kier molecular flexibility index (Phi) is 4.84. The summed E-state index contributed by atoms with van der Waals surface area (Å²) in [6.45, 7) is 0. The summed E-state index contributed by atoms with van der Waals surface area (Å²) in [7, 11) is 0. The van der Waals surface area contributed by atoms with Gasteiger partial charge in [-0.25, -0.2) is 4.98 Å². The van der Waals surface area contributed by atoms with E-state index in [1.54, 1.807) is 34.1 Å². The van der Waals surface area contributed by atoms with Crippen molar-refractivity contribution in [2.75, 3.05) is 0 Å². The van der Waals surface area contributed by atoms with Gasteiger partial charge in [0.25, 0.3) is 0 Å². The van der Waals surface area contributed by atoms with Crippen molar-refractivity contribution in [3.05, 3.63) is 170 Å². The maximum Gasteiger partial charge on any atom is 0.238 e. The van der Waals surface area contributed by atoms with E-state index in [9.17, 15) is 1.37 Å². The quantitative estimate of drug-likeness (QED) is 0.184. The van der Waals surface area contributed by atoms with Gasteiger partial charge >= 0.3 is 0 Å².